The molecular formula is C14H22N4O2. The third-order valence-electron chi connectivity index (χ3n) is 3.30. The van der Waals surface area contributed by atoms with Gasteiger partial charge in [0, 0.05) is 12.5 Å². The maximum Gasteiger partial charge on any atom is 0.161 e. The number of nitrogens with two attached hydrogens (primary N) is 1. The van der Waals surface area contributed by atoms with Crippen molar-refractivity contribution in [1.82, 2.24) is 15.2 Å². The van der Waals surface area contributed by atoms with Crippen LogP contribution >= 0.6 is 0 Å². The van der Waals surface area contributed by atoms with Gasteiger partial charge in [-0.1, -0.05) is 0 Å². The van der Waals surface area contributed by atoms with Gasteiger partial charge in [-0.3, -0.25) is 16.0 Å². The summed E-state index contributed by atoms with van der Waals surface area (Å²) in [6, 6.07) is 4.05. The number of methoxy groups -OCH3 is 1. The second kappa shape index (κ2) is 6.58. The maximum atomic E-state index is 5.72. The Balaban J connectivity index is 2.19. The molecule has 0 amide bonds. The molecule has 0 aliphatic heterocycles. The molecule has 20 heavy (non-hydrogen) atoms. The van der Waals surface area contributed by atoms with E-state index in [4.69, 9.17) is 15.0 Å². The highest BCUT2D eigenvalue weighted by molar-refractivity contribution is 5.28. The van der Waals surface area contributed by atoms with E-state index in [1.54, 1.807) is 19.6 Å². The predicted octanol–water partition coefficient (Wildman–Crippen LogP) is 2.20. The molecule has 2 rings (SSSR count). The monoisotopic (exact) mass is 278 g/mol. The largest absolute Gasteiger partial charge is 0.493 e. The van der Waals surface area contributed by atoms with Gasteiger partial charge in [0.1, 0.15) is 5.76 Å². The number of rotatable bonds is 7. The number of ether oxygens (including phenoxy) is 1. The summed E-state index contributed by atoms with van der Waals surface area (Å²) in [6.45, 7) is 4.16. The molecule has 0 radical (unpaired) electrons. The van der Waals surface area contributed by atoms with Crippen molar-refractivity contribution in [2.75, 3.05) is 7.11 Å². The van der Waals surface area contributed by atoms with Crippen LogP contribution in [0.15, 0.2) is 29.0 Å². The van der Waals surface area contributed by atoms with Crippen molar-refractivity contribution in [3.63, 3.8) is 0 Å². The standard InChI is InChI=1S/C14H22N4O2/c1-10(2)18-14(13(19-3)9-16-18)12(17-15)7-6-11-5-4-8-20-11/h4-5,8-10,12,17H,6-7,15H2,1-3H3. The fourth-order valence-electron chi connectivity index (χ4n) is 2.30. The summed E-state index contributed by atoms with van der Waals surface area (Å²) in [6.07, 6.45) is 5.01. The minimum absolute atomic E-state index is 0.0417. The Morgan fingerprint density at radius 2 is 2.30 bits per heavy atom. The Hall–Kier alpha value is -1.79. The number of aromatic nitrogens is 2. The normalized spacial score (nSPS) is 12.8. The number of hydrogen-bond donors (Lipinski definition) is 2. The van der Waals surface area contributed by atoms with Crippen LogP contribution in [-0.4, -0.2) is 16.9 Å². The molecule has 0 saturated heterocycles. The van der Waals surface area contributed by atoms with Gasteiger partial charge in [-0.25, -0.2) is 0 Å². The Morgan fingerprint density at radius 3 is 2.85 bits per heavy atom. The van der Waals surface area contributed by atoms with Crippen LogP contribution in [0.2, 0.25) is 0 Å². The lowest BCUT2D eigenvalue weighted by molar-refractivity contribution is 0.374. The van der Waals surface area contributed by atoms with Crippen LogP contribution in [0.1, 0.15) is 43.8 Å². The van der Waals surface area contributed by atoms with Gasteiger partial charge in [-0.05, 0) is 32.4 Å². The molecular weight excluding hydrogens is 256 g/mol. The first-order valence-electron chi connectivity index (χ1n) is 6.77. The van der Waals surface area contributed by atoms with Crippen molar-refractivity contribution >= 4 is 0 Å². The highest BCUT2D eigenvalue weighted by Gasteiger charge is 2.22. The zero-order valence-electron chi connectivity index (χ0n) is 12.2. The van der Waals surface area contributed by atoms with E-state index in [1.165, 1.54) is 0 Å². The second-order valence-electron chi connectivity index (χ2n) is 4.97. The Labute approximate surface area is 118 Å². The van der Waals surface area contributed by atoms with E-state index >= 15 is 0 Å². The van der Waals surface area contributed by atoms with E-state index < -0.39 is 0 Å². The molecule has 0 saturated carbocycles. The van der Waals surface area contributed by atoms with Crippen molar-refractivity contribution in [3.8, 4) is 5.75 Å². The minimum atomic E-state index is -0.0417. The zero-order valence-corrected chi connectivity index (χ0v) is 12.2. The molecule has 0 fully saturated rings. The summed E-state index contributed by atoms with van der Waals surface area (Å²) in [7, 11) is 1.64. The van der Waals surface area contributed by atoms with Gasteiger partial charge in [-0.15, -0.1) is 0 Å². The fraction of sp³-hybridized carbons (Fsp3) is 0.500. The van der Waals surface area contributed by atoms with Gasteiger partial charge in [0.15, 0.2) is 5.75 Å². The van der Waals surface area contributed by atoms with Gasteiger partial charge in [0.25, 0.3) is 0 Å². The van der Waals surface area contributed by atoms with E-state index in [2.05, 4.69) is 24.4 Å². The summed E-state index contributed by atoms with van der Waals surface area (Å²) in [5, 5.41) is 4.37. The van der Waals surface area contributed by atoms with Crippen molar-refractivity contribution in [1.29, 1.82) is 0 Å². The average Bonchev–Trinajstić information content (AvgIpc) is 3.08. The first-order valence-corrected chi connectivity index (χ1v) is 6.77. The predicted molar refractivity (Wildman–Crippen MR) is 76.3 cm³/mol. The van der Waals surface area contributed by atoms with Crippen LogP contribution in [0.4, 0.5) is 0 Å². The highest BCUT2D eigenvalue weighted by atomic mass is 16.5. The van der Waals surface area contributed by atoms with Gasteiger partial charge >= 0.3 is 0 Å². The van der Waals surface area contributed by atoms with E-state index in [0.29, 0.717) is 0 Å². The molecule has 110 valence electrons. The Kier molecular flexibility index (Phi) is 4.81. The van der Waals surface area contributed by atoms with Crippen molar-refractivity contribution in [2.24, 2.45) is 5.84 Å². The Bertz CT molecular complexity index is 519. The van der Waals surface area contributed by atoms with Crippen molar-refractivity contribution in [3.05, 3.63) is 36.0 Å². The minimum Gasteiger partial charge on any atom is -0.493 e. The van der Waals surface area contributed by atoms with Gasteiger partial charge in [0.2, 0.25) is 0 Å². The Morgan fingerprint density at radius 1 is 1.50 bits per heavy atom. The molecule has 0 bridgehead atoms. The maximum absolute atomic E-state index is 5.72. The molecule has 0 aromatic carbocycles. The number of hydrazine groups is 1. The topological polar surface area (TPSA) is 78.2 Å². The first-order chi connectivity index (χ1) is 9.67. The summed E-state index contributed by atoms with van der Waals surface area (Å²) in [5.74, 6) is 7.41. The molecule has 0 aliphatic rings. The average molecular weight is 278 g/mol. The number of furan rings is 1. The molecule has 2 aromatic rings. The van der Waals surface area contributed by atoms with Gasteiger partial charge in [-0.2, -0.15) is 5.10 Å². The third kappa shape index (κ3) is 3.02. The summed E-state index contributed by atoms with van der Waals surface area (Å²) < 4.78 is 12.7. The molecule has 6 heteroatoms. The smallest absolute Gasteiger partial charge is 0.161 e. The number of hydrogen-bond acceptors (Lipinski definition) is 5. The van der Waals surface area contributed by atoms with Crippen LogP contribution in [-0.2, 0) is 6.42 Å². The van der Waals surface area contributed by atoms with E-state index in [9.17, 15) is 0 Å². The summed E-state index contributed by atoms with van der Waals surface area (Å²) in [5.41, 5.74) is 3.82. The molecule has 1 unspecified atom stereocenters. The lowest BCUT2D eigenvalue weighted by Crippen LogP contribution is -2.31. The molecule has 1 atom stereocenters. The fourth-order valence-corrected chi connectivity index (χ4v) is 2.30. The van der Waals surface area contributed by atoms with E-state index in [1.807, 2.05) is 16.8 Å². The van der Waals surface area contributed by atoms with Crippen molar-refractivity contribution in [2.45, 2.75) is 38.8 Å². The SMILES string of the molecule is COc1cnn(C(C)C)c1C(CCc1ccco1)NN. The molecule has 0 spiro atoms. The lowest BCUT2D eigenvalue weighted by Gasteiger charge is -2.20. The van der Waals surface area contributed by atoms with Crippen LogP contribution in [0.3, 0.4) is 0 Å². The molecule has 0 aliphatic carbocycles. The first kappa shape index (κ1) is 14.6. The van der Waals surface area contributed by atoms with Gasteiger partial charge < -0.3 is 9.15 Å². The highest BCUT2D eigenvalue weighted by Crippen LogP contribution is 2.29. The zero-order chi connectivity index (χ0) is 14.5. The third-order valence-corrected chi connectivity index (χ3v) is 3.30. The van der Waals surface area contributed by atoms with Crippen LogP contribution in [0.5, 0.6) is 5.75 Å². The lowest BCUT2D eigenvalue weighted by atomic mass is 10.1. The van der Waals surface area contributed by atoms with Crippen LogP contribution in [0, 0.1) is 0 Å². The van der Waals surface area contributed by atoms with Crippen LogP contribution in [0.25, 0.3) is 0 Å². The number of nitrogens with zero attached hydrogens (tertiary/aromatic N) is 2. The van der Waals surface area contributed by atoms with E-state index in [0.717, 1.165) is 30.0 Å². The molecule has 2 heterocycles. The molecule has 6 nitrogen and oxygen atoms in total. The number of nitrogens with one attached hydrogen (secondary N) is 1. The van der Waals surface area contributed by atoms with E-state index in [-0.39, 0.29) is 12.1 Å². The quantitative estimate of drug-likeness (QED) is 0.599. The second-order valence-corrected chi connectivity index (χ2v) is 4.97. The number of aryl methyl sites for hydroxylation is 1. The molecule has 2 aromatic heterocycles. The van der Waals surface area contributed by atoms with Gasteiger partial charge in [0.05, 0.1) is 31.3 Å². The summed E-state index contributed by atoms with van der Waals surface area (Å²) >= 11 is 0. The summed E-state index contributed by atoms with van der Waals surface area (Å²) in [4.78, 5) is 0. The molecule has 3 N–H and O–H groups in total. The van der Waals surface area contributed by atoms with Crippen LogP contribution < -0.4 is 16.0 Å². The van der Waals surface area contributed by atoms with Crippen molar-refractivity contribution < 1.29 is 9.15 Å².